The van der Waals surface area contributed by atoms with E-state index in [0.717, 1.165) is 38.7 Å². The number of amides is 1. The Bertz CT molecular complexity index is 616. The normalized spacial score (nSPS) is 21.9. The largest absolute Gasteiger partial charge is 0.491 e. The van der Waals surface area contributed by atoms with Gasteiger partial charge in [0.1, 0.15) is 12.4 Å². The first-order valence-electron chi connectivity index (χ1n) is 9.45. The molecule has 2 fully saturated rings. The van der Waals surface area contributed by atoms with Gasteiger partial charge in [0.2, 0.25) is 0 Å². The topological polar surface area (TPSA) is 84.9 Å². The van der Waals surface area contributed by atoms with Gasteiger partial charge in [0.25, 0.3) is 5.91 Å². The molecule has 0 spiro atoms. The van der Waals surface area contributed by atoms with E-state index >= 15 is 0 Å². The fourth-order valence-corrected chi connectivity index (χ4v) is 3.71. The summed E-state index contributed by atoms with van der Waals surface area (Å²) in [5.41, 5.74) is -0.316. The molecular weight excluding hydrogens is 334 g/mol. The van der Waals surface area contributed by atoms with Gasteiger partial charge < -0.3 is 19.9 Å². The van der Waals surface area contributed by atoms with Crippen molar-refractivity contribution in [3.8, 4) is 5.75 Å². The Kier molecular flexibility index (Phi) is 6.14. The zero-order valence-corrected chi connectivity index (χ0v) is 15.0. The summed E-state index contributed by atoms with van der Waals surface area (Å²) in [7, 11) is 0. The Morgan fingerprint density at radius 3 is 2.50 bits per heavy atom. The maximum absolute atomic E-state index is 12.4. The molecule has 3 rings (SSSR count). The third-order valence-corrected chi connectivity index (χ3v) is 5.43. The zero-order valence-electron chi connectivity index (χ0n) is 15.0. The van der Waals surface area contributed by atoms with Gasteiger partial charge in [-0.1, -0.05) is 19.3 Å². The standard InChI is InChI=1S/C20H27NO5/c22-18(21-14-20(19(23)24)10-2-1-3-11-20)15-6-8-16(9-7-15)26-13-17-5-4-12-25-17/h6-9,17H,1-5,10-14H2,(H,21,22)(H,23,24). The lowest BCUT2D eigenvalue weighted by molar-refractivity contribution is -0.150. The molecule has 1 aromatic carbocycles. The average Bonchev–Trinajstić information content (AvgIpc) is 3.19. The SMILES string of the molecule is O=C(NCC1(C(=O)O)CCCCC1)c1ccc(OCC2CCCO2)cc1. The summed E-state index contributed by atoms with van der Waals surface area (Å²) in [6.45, 7) is 1.50. The van der Waals surface area contributed by atoms with E-state index in [1.54, 1.807) is 24.3 Å². The number of carboxylic acid groups (broad SMARTS) is 1. The molecule has 6 heteroatoms. The minimum Gasteiger partial charge on any atom is -0.491 e. The number of ether oxygens (including phenoxy) is 2. The van der Waals surface area contributed by atoms with Crippen LogP contribution in [0.3, 0.4) is 0 Å². The maximum Gasteiger partial charge on any atom is 0.311 e. The Morgan fingerprint density at radius 1 is 1.15 bits per heavy atom. The van der Waals surface area contributed by atoms with Crippen LogP contribution in [0.5, 0.6) is 5.75 Å². The van der Waals surface area contributed by atoms with Crippen molar-refractivity contribution in [2.24, 2.45) is 5.41 Å². The summed E-state index contributed by atoms with van der Waals surface area (Å²) < 4.78 is 11.2. The van der Waals surface area contributed by atoms with Crippen molar-refractivity contribution in [3.05, 3.63) is 29.8 Å². The van der Waals surface area contributed by atoms with Gasteiger partial charge in [-0.3, -0.25) is 9.59 Å². The number of benzene rings is 1. The average molecular weight is 361 g/mol. The van der Waals surface area contributed by atoms with E-state index in [1.165, 1.54) is 0 Å². The van der Waals surface area contributed by atoms with Crippen LogP contribution >= 0.6 is 0 Å². The van der Waals surface area contributed by atoms with Crippen LogP contribution in [-0.2, 0) is 9.53 Å². The zero-order chi connectivity index (χ0) is 18.4. The number of aliphatic carboxylic acids is 1. The molecule has 0 radical (unpaired) electrons. The number of hydrogen-bond donors (Lipinski definition) is 2. The highest BCUT2D eigenvalue weighted by Crippen LogP contribution is 2.36. The van der Waals surface area contributed by atoms with Crippen molar-refractivity contribution in [1.29, 1.82) is 0 Å². The molecule has 2 N–H and O–H groups in total. The van der Waals surface area contributed by atoms with Crippen LogP contribution in [0.25, 0.3) is 0 Å². The van der Waals surface area contributed by atoms with Gasteiger partial charge in [0.05, 0.1) is 11.5 Å². The number of carbonyl (C=O) groups excluding carboxylic acids is 1. The van der Waals surface area contributed by atoms with E-state index < -0.39 is 11.4 Å². The van der Waals surface area contributed by atoms with E-state index in [-0.39, 0.29) is 18.6 Å². The lowest BCUT2D eigenvalue weighted by Crippen LogP contribution is -2.44. The molecule has 6 nitrogen and oxygen atoms in total. The lowest BCUT2D eigenvalue weighted by Gasteiger charge is -2.33. The van der Waals surface area contributed by atoms with Gasteiger partial charge in [-0.2, -0.15) is 0 Å². The van der Waals surface area contributed by atoms with Crippen LogP contribution in [0.1, 0.15) is 55.3 Å². The molecule has 1 aliphatic heterocycles. The van der Waals surface area contributed by atoms with E-state index in [4.69, 9.17) is 9.47 Å². The number of carboxylic acids is 1. The molecule has 0 bridgehead atoms. The Balaban J connectivity index is 1.51. The molecule has 1 amide bonds. The summed E-state index contributed by atoms with van der Waals surface area (Å²) in [5.74, 6) is -0.358. The van der Waals surface area contributed by atoms with Crippen molar-refractivity contribution >= 4 is 11.9 Å². The van der Waals surface area contributed by atoms with E-state index in [9.17, 15) is 14.7 Å². The van der Waals surface area contributed by atoms with Crippen molar-refractivity contribution < 1.29 is 24.2 Å². The first-order valence-corrected chi connectivity index (χ1v) is 9.45. The molecule has 1 aliphatic carbocycles. The minimum atomic E-state index is -0.821. The second kappa shape index (κ2) is 8.54. The smallest absolute Gasteiger partial charge is 0.311 e. The maximum atomic E-state index is 12.4. The predicted octanol–water partition coefficient (Wildman–Crippen LogP) is 3.01. The second-order valence-corrected chi connectivity index (χ2v) is 7.30. The highest BCUT2D eigenvalue weighted by molar-refractivity contribution is 5.94. The first-order chi connectivity index (χ1) is 12.6. The van der Waals surface area contributed by atoms with Gasteiger partial charge in [0, 0.05) is 18.7 Å². The molecule has 1 atom stereocenters. The molecule has 1 aromatic rings. The van der Waals surface area contributed by atoms with E-state index in [1.807, 2.05) is 0 Å². The molecule has 2 aliphatic rings. The molecule has 1 saturated heterocycles. The molecule has 0 aromatic heterocycles. The van der Waals surface area contributed by atoms with Crippen LogP contribution in [0.4, 0.5) is 0 Å². The fourth-order valence-electron chi connectivity index (χ4n) is 3.71. The number of hydrogen-bond acceptors (Lipinski definition) is 4. The van der Waals surface area contributed by atoms with Crippen molar-refractivity contribution in [1.82, 2.24) is 5.32 Å². The number of nitrogens with one attached hydrogen (secondary N) is 1. The van der Waals surface area contributed by atoms with Gasteiger partial charge in [-0.25, -0.2) is 0 Å². The van der Waals surface area contributed by atoms with Gasteiger partial charge >= 0.3 is 5.97 Å². The lowest BCUT2D eigenvalue weighted by atomic mass is 9.74. The monoisotopic (exact) mass is 361 g/mol. The van der Waals surface area contributed by atoms with Crippen LogP contribution in [-0.4, -0.2) is 42.8 Å². The van der Waals surface area contributed by atoms with Crippen molar-refractivity contribution in [2.45, 2.75) is 51.0 Å². The number of carbonyl (C=O) groups is 2. The third-order valence-electron chi connectivity index (χ3n) is 5.43. The van der Waals surface area contributed by atoms with E-state index in [0.29, 0.717) is 30.8 Å². The Morgan fingerprint density at radius 2 is 1.88 bits per heavy atom. The van der Waals surface area contributed by atoms with Crippen LogP contribution in [0, 0.1) is 5.41 Å². The highest BCUT2D eigenvalue weighted by atomic mass is 16.5. The summed E-state index contributed by atoms with van der Waals surface area (Å²) in [4.78, 5) is 24.0. The van der Waals surface area contributed by atoms with Gasteiger partial charge in [-0.05, 0) is 49.9 Å². The summed E-state index contributed by atoms with van der Waals surface area (Å²) in [6, 6.07) is 6.93. The van der Waals surface area contributed by atoms with Crippen molar-refractivity contribution in [2.75, 3.05) is 19.8 Å². The highest BCUT2D eigenvalue weighted by Gasteiger charge is 2.39. The summed E-state index contributed by atoms with van der Waals surface area (Å²) in [5, 5.41) is 12.4. The third kappa shape index (κ3) is 4.55. The van der Waals surface area contributed by atoms with Crippen LogP contribution in [0.15, 0.2) is 24.3 Å². The van der Waals surface area contributed by atoms with Crippen LogP contribution in [0.2, 0.25) is 0 Å². The quantitative estimate of drug-likeness (QED) is 0.780. The molecule has 1 heterocycles. The second-order valence-electron chi connectivity index (χ2n) is 7.30. The van der Waals surface area contributed by atoms with Gasteiger partial charge in [-0.15, -0.1) is 0 Å². The fraction of sp³-hybridized carbons (Fsp3) is 0.600. The van der Waals surface area contributed by atoms with Crippen molar-refractivity contribution in [3.63, 3.8) is 0 Å². The Hall–Kier alpha value is -2.08. The van der Waals surface area contributed by atoms with E-state index in [2.05, 4.69) is 5.32 Å². The van der Waals surface area contributed by atoms with Gasteiger partial charge in [0.15, 0.2) is 0 Å². The molecule has 142 valence electrons. The number of rotatable bonds is 7. The van der Waals surface area contributed by atoms with Crippen LogP contribution < -0.4 is 10.1 Å². The predicted molar refractivity (Wildman–Crippen MR) is 96.4 cm³/mol. The molecule has 26 heavy (non-hydrogen) atoms. The molecular formula is C20H27NO5. The molecule has 1 saturated carbocycles. The minimum absolute atomic E-state index is 0.153. The first kappa shape index (κ1) is 18.7. The summed E-state index contributed by atoms with van der Waals surface area (Å²) in [6.07, 6.45) is 6.36. The Labute approximate surface area is 153 Å². The molecule has 1 unspecified atom stereocenters. The summed E-state index contributed by atoms with van der Waals surface area (Å²) >= 11 is 0.